The van der Waals surface area contributed by atoms with Crippen molar-refractivity contribution in [3.8, 4) is 0 Å². The van der Waals surface area contributed by atoms with E-state index >= 15 is 0 Å². The monoisotopic (exact) mass is 534 g/mol. The lowest BCUT2D eigenvalue weighted by atomic mass is 9.67. The van der Waals surface area contributed by atoms with Crippen LogP contribution in [0.5, 0.6) is 0 Å². The third-order valence-corrected chi connectivity index (χ3v) is 7.08. The molecule has 0 saturated heterocycles. The predicted octanol–water partition coefficient (Wildman–Crippen LogP) is 3.98. The van der Waals surface area contributed by atoms with E-state index in [4.69, 9.17) is 25.5 Å². The van der Waals surface area contributed by atoms with E-state index in [1.54, 1.807) is 13.1 Å². The summed E-state index contributed by atoms with van der Waals surface area (Å²) >= 11 is 0. The number of nitrogens with zero attached hydrogens (tertiary/aromatic N) is 1. The fourth-order valence-electron chi connectivity index (χ4n) is 5.08. The highest BCUT2D eigenvalue weighted by Gasteiger charge is 2.53. The first-order chi connectivity index (χ1) is 18.2. The van der Waals surface area contributed by atoms with E-state index in [2.05, 4.69) is 0 Å². The summed E-state index contributed by atoms with van der Waals surface area (Å²) in [5.74, 6) is -2.94. The number of unbranched alkanes of at least 4 members (excludes halogenated alkanes) is 4. The molecule has 2 rings (SSSR count). The normalized spacial score (nSPS) is 21.8. The Labute approximate surface area is 224 Å². The quantitative estimate of drug-likeness (QED) is 0.216. The fourth-order valence-corrected chi connectivity index (χ4v) is 5.08. The third kappa shape index (κ3) is 8.26. The van der Waals surface area contributed by atoms with E-state index in [9.17, 15) is 19.2 Å². The highest BCUT2D eigenvalue weighted by Crippen LogP contribution is 2.42. The molecule has 38 heavy (non-hydrogen) atoms. The van der Waals surface area contributed by atoms with Crippen LogP contribution in [0.25, 0.3) is 0 Å². The summed E-state index contributed by atoms with van der Waals surface area (Å²) < 4.78 is 0. The van der Waals surface area contributed by atoms with E-state index in [0.717, 1.165) is 19.3 Å². The van der Waals surface area contributed by atoms with Gasteiger partial charge >= 0.3 is 23.9 Å². The Morgan fingerprint density at radius 1 is 1.05 bits per heavy atom. The molecule has 3 atom stereocenters. The molecule has 1 aliphatic rings. The molecule has 1 aliphatic heterocycles. The minimum absolute atomic E-state index is 0.0283. The van der Waals surface area contributed by atoms with E-state index < -0.39 is 41.4 Å². The van der Waals surface area contributed by atoms with E-state index in [-0.39, 0.29) is 19.3 Å². The maximum atomic E-state index is 14.1. The number of nitrogens with two attached hydrogens (primary N) is 1. The number of carbonyl (C=O) groups is 4. The molecule has 3 N–H and O–H groups in total. The number of likely N-dealkylation sites (N-methyl/N-ethyl adjacent to an activating group) is 1. The maximum Gasteiger partial charge on any atom is 0.367 e. The molecule has 0 saturated carbocycles. The van der Waals surface area contributed by atoms with Crippen molar-refractivity contribution in [1.82, 2.24) is 5.06 Å². The topological polar surface area (TPSA) is 145 Å². The van der Waals surface area contributed by atoms with Crippen molar-refractivity contribution in [2.75, 3.05) is 7.05 Å². The number of carboxylic acid groups (broad SMARTS) is 1. The Morgan fingerprint density at radius 2 is 1.74 bits per heavy atom. The van der Waals surface area contributed by atoms with Crippen LogP contribution in [-0.4, -0.2) is 53.2 Å². The first kappa shape index (κ1) is 31.2. The first-order valence-corrected chi connectivity index (χ1v) is 13.6. The summed E-state index contributed by atoms with van der Waals surface area (Å²) in [6.07, 6.45) is 5.53. The number of hydroxylamine groups is 2. The molecule has 0 aliphatic carbocycles. The van der Waals surface area contributed by atoms with Crippen molar-refractivity contribution >= 4 is 23.9 Å². The van der Waals surface area contributed by atoms with E-state index in [1.807, 2.05) is 32.0 Å². The van der Waals surface area contributed by atoms with Gasteiger partial charge in [0.25, 0.3) is 0 Å². The summed E-state index contributed by atoms with van der Waals surface area (Å²) in [4.78, 5) is 66.1. The van der Waals surface area contributed by atoms with Crippen molar-refractivity contribution in [3.05, 3.63) is 35.4 Å². The second-order valence-electron chi connectivity index (χ2n) is 9.94. The van der Waals surface area contributed by atoms with Crippen LogP contribution in [0, 0.1) is 0 Å². The third-order valence-electron chi connectivity index (χ3n) is 7.08. The average Bonchev–Trinajstić information content (AvgIpc) is 2.91. The van der Waals surface area contributed by atoms with E-state index in [1.165, 1.54) is 5.06 Å². The van der Waals surface area contributed by atoms with Gasteiger partial charge in [0, 0.05) is 13.5 Å². The van der Waals surface area contributed by atoms with Crippen LogP contribution in [0.3, 0.4) is 0 Å². The molecule has 0 fully saturated rings. The molecule has 1 heterocycles. The molecule has 1 aromatic carbocycles. The van der Waals surface area contributed by atoms with Gasteiger partial charge in [-0.15, -0.1) is 5.06 Å². The standard InChI is InChI=1S/C28H42N2O8/c1-4-6-8-17-25(33)37-38-27(35)28(18-7-5-2)21-14-10-9-13-20(21)19-22(29)26(34)36-30(3)23(28)15-11-12-16-24(31)32/h9-10,13-14,22-23H,4-8,11-12,15-19,29H2,1-3H3,(H,31,32). The van der Waals surface area contributed by atoms with Gasteiger partial charge in [-0.05, 0) is 43.2 Å². The van der Waals surface area contributed by atoms with Crippen LogP contribution in [-0.2, 0) is 45.6 Å². The number of aliphatic carboxylic acids is 1. The van der Waals surface area contributed by atoms with Gasteiger partial charge in [-0.1, -0.05) is 70.2 Å². The fraction of sp³-hybridized carbons (Fsp3) is 0.643. The van der Waals surface area contributed by atoms with Crippen LogP contribution in [0.4, 0.5) is 0 Å². The molecule has 0 spiro atoms. The van der Waals surface area contributed by atoms with Crippen LogP contribution in [0.1, 0.15) is 95.6 Å². The summed E-state index contributed by atoms with van der Waals surface area (Å²) in [6.45, 7) is 4.01. The zero-order valence-electron chi connectivity index (χ0n) is 22.8. The largest absolute Gasteiger partial charge is 0.481 e. The molecular weight excluding hydrogens is 492 g/mol. The summed E-state index contributed by atoms with van der Waals surface area (Å²) in [5.41, 5.74) is 6.12. The minimum Gasteiger partial charge on any atom is -0.481 e. The number of hydrogen-bond donors (Lipinski definition) is 2. The highest BCUT2D eigenvalue weighted by atomic mass is 17.2. The molecule has 1 aromatic rings. The van der Waals surface area contributed by atoms with Gasteiger partial charge in [0.1, 0.15) is 11.5 Å². The number of hydrogen-bond acceptors (Lipinski definition) is 9. The molecule has 0 aromatic heterocycles. The maximum absolute atomic E-state index is 14.1. The Bertz CT molecular complexity index is 953. The van der Waals surface area contributed by atoms with Gasteiger partial charge in [0.05, 0.1) is 12.5 Å². The van der Waals surface area contributed by atoms with Crippen LogP contribution >= 0.6 is 0 Å². The number of fused-ring (bicyclic) bond motifs is 1. The average molecular weight is 535 g/mol. The number of benzene rings is 1. The second kappa shape index (κ2) is 15.4. The zero-order chi connectivity index (χ0) is 28.1. The molecule has 0 amide bonds. The molecule has 212 valence electrons. The molecule has 10 heteroatoms. The Hall–Kier alpha value is -2.98. The van der Waals surface area contributed by atoms with E-state index in [0.29, 0.717) is 49.7 Å². The molecular formula is C28H42N2O8. The van der Waals surface area contributed by atoms with Crippen molar-refractivity contribution < 1.29 is 38.9 Å². The molecule has 3 unspecified atom stereocenters. The number of carbonyl (C=O) groups excluding carboxylic acids is 3. The smallest absolute Gasteiger partial charge is 0.367 e. The van der Waals surface area contributed by atoms with Crippen LogP contribution in [0.2, 0.25) is 0 Å². The first-order valence-electron chi connectivity index (χ1n) is 13.6. The van der Waals surface area contributed by atoms with Crippen molar-refractivity contribution in [2.45, 2.75) is 108 Å². The summed E-state index contributed by atoms with van der Waals surface area (Å²) in [7, 11) is 1.56. The van der Waals surface area contributed by atoms with Gasteiger partial charge in [0.15, 0.2) is 0 Å². The van der Waals surface area contributed by atoms with Crippen molar-refractivity contribution in [2.24, 2.45) is 5.73 Å². The predicted molar refractivity (Wildman–Crippen MR) is 139 cm³/mol. The Balaban J connectivity index is 2.58. The van der Waals surface area contributed by atoms with Gasteiger partial charge in [0.2, 0.25) is 0 Å². The van der Waals surface area contributed by atoms with Gasteiger partial charge in [-0.2, -0.15) is 0 Å². The van der Waals surface area contributed by atoms with Crippen molar-refractivity contribution in [3.63, 3.8) is 0 Å². The lowest BCUT2D eigenvalue weighted by molar-refractivity contribution is -0.268. The molecule has 0 radical (unpaired) electrons. The number of carboxylic acids is 1. The number of rotatable bonds is 13. The highest BCUT2D eigenvalue weighted by molar-refractivity contribution is 5.86. The zero-order valence-corrected chi connectivity index (χ0v) is 22.8. The lowest BCUT2D eigenvalue weighted by Gasteiger charge is -2.42. The van der Waals surface area contributed by atoms with Crippen LogP contribution < -0.4 is 5.73 Å². The summed E-state index contributed by atoms with van der Waals surface area (Å²) in [5, 5.41) is 10.4. The van der Waals surface area contributed by atoms with Gasteiger partial charge in [-0.25, -0.2) is 24.2 Å². The Morgan fingerprint density at radius 3 is 2.42 bits per heavy atom. The van der Waals surface area contributed by atoms with Crippen LogP contribution in [0.15, 0.2) is 24.3 Å². The molecule has 0 bridgehead atoms. The van der Waals surface area contributed by atoms with Gasteiger partial charge in [-0.3, -0.25) is 4.79 Å². The Kier molecular flexibility index (Phi) is 12.7. The molecule has 10 nitrogen and oxygen atoms in total. The second-order valence-corrected chi connectivity index (χ2v) is 9.94. The lowest BCUT2D eigenvalue weighted by Crippen LogP contribution is -2.55. The van der Waals surface area contributed by atoms with Gasteiger partial charge < -0.3 is 15.7 Å². The summed E-state index contributed by atoms with van der Waals surface area (Å²) in [6, 6.07) is 5.56. The van der Waals surface area contributed by atoms with Crippen molar-refractivity contribution in [1.29, 1.82) is 0 Å². The minimum atomic E-state index is -1.38. The SMILES string of the molecule is CCCCCC(=O)OOC(=O)C1(CCCC)c2ccccc2CC(N)C(=O)ON(C)C1CCCCC(=O)O.